The second kappa shape index (κ2) is 9.74. The van der Waals surface area contributed by atoms with Crippen LogP contribution in [0.1, 0.15) is 23.2 Å². The SMILES string of the molecule is C=CCSc1cc(SCC=C)c(C(N)C=C)cc1C(N)C=C. The normalized spacial score (nSPS) is 13.2. The Kier molecular flexibility index (Phi) is 8.35. The molecule has 0 amide bonds. The van der Waals surface area contributed by atoms with Crippen LogP contribution in [0.3, 0.4) is 0 Å². The maximum Gasteiger partial charge on any atom is 0.0489 e. The molecule has 2 atom stereocenters. The summed E-state index contributed by atoms with van der Waals surface area (Å²) in [5.41, 5.74) is 14.4. The largest absolute Gasteiger partial charge is 0.321 e. The Balaban J connectivity index is 3.39. The molecule has 0 spiro atoms. The van der Waals surface area contributed by atoms with Crippen molar-refractivity contribution in [1.82, 2.24) is 0 Å². The molecule has 22 heavy (non-hydrogen) atoms. The molecule has 0 aliphatic heterocycles. The highest BCUT2D eigenvalue weighted by Crippen LogP contribution is 2.36. The third-order valence-electron chi connectivity index (χ3n) is 3.08. The minimum absolute atomic E-state index is 0.221. The van der Waals surface area contributed by atoms with Crippen molar-refractivity contribution in [3.8, 4) is 0 Å². The maximum absolute atomic E-state index is 6.18. The average Bonchev–Trinajstić information content (AvgIpc) is 2.56. The van der Waals surface area contributed by atoms with Gasteiger partial charge in [0.05, 0.1) is 0 Å². The van der Waals surface area contributed by atoms with Crippen LogP contribution >= 0.6 is 23.5 Å². The zero-order valence-corrected chi connectivity index (χ0v) is 14.5. The first-order chi connectivity index (χ1) is 10.6. The number of nitrogens with two attached hydrogens (primary N) is 2. The van der Waals surface area contributed by atoms with E-state index in [0.717, 1.165) is 32.4 Å². The van der Waals surface area contributed by atoms with Crippen LogP contribution in [-0.2, 0) is 0 Å². The molecular formula is C18H24N2S2. The van der Waals surface area contributed by atoms with E-state index in [1.54, 1.807) is 35.7 Å². The third kappa shape index (κ3) is 4.92. The minimum atomic E-state index is -0.221. The molecule has 0 fully saturated rings. The van der Waals surface area contributed by atoms with Gasteiger partial charge < -0.3 is 11.5 Å². The second-order valence-corrected chi connectivity index (χ2v) is 6.77. The summed E-state index contributed by atoms with van der Waals surface area (Å²) >= 11 is 3.43. The summed E-state index contributed by atoms with van der Waals surface area (Å²) in [5, 5.41) is 0. The molecular weight excluding hydrogens is 308 g/mol. The van der Waals surface area contributed by atoms with E-state index < -0.39 is 0 Å². The van der Waals surface area contributed by atoms with Crippen LogP contribution in [0, 0.1) is 0 Å². The van der Waals surface area contributed by atoms with E-state index in [0.29, 0.717) is 0 Å². The summed E-state index contributed by atoms with van der Waals surface area (Å²) in [5.74, 6) is 1.66. The summed E-state index contributed by atoms with van der Waals surface area (Å²) in [6.07, 6.45) is 7.25. The highest BCUT2D eigenvalue weighted by atomic mass is 32.2. The van der Waals surface area contributed by atoms with Gasteiger partial charge in [-0.05, 0) is 23.3 Å². The lowest BCUT2D eigenvalue weighted by Gasteiger charge is -2.20. The Morgan fingerprint density at radius 3 is 1.55 bits per heavy atom. The quantitative estimate of drug-likeness (QED) is 0.485. The van der Waals surface area contributed by atoms with Crippen LogP contribution in [0.25, 0.3) is 0 Å². The van der Waals surface area contributed by atoms with Gasteiger partial charge >= 0.3 is 0 Å². The molecule has 1 rings (SSSR count). The predicted molar refractivity (Wildman–Crippen MR) is 103 cm³/mol. The van der Waals surface area contributed by atoms with Gasteiger partial charge in [0.1, 0.15) is 0 Å². The van der Waals surface area contributed by atoms with E-state index in [-0.39, 0.29) is 12.1 Å². The van der Waals surface area contributed by atoms with Crippen molar-refractivity contribution in [3.63, 3.8) is 0 Å². The number of hydrogen-bond acceptors (Lipinski definition) is 4. The lowest BCUT2D eigenvalue weighted by Crippen LogP contribution is -2.13. The standard InChI is InChI=1S/C18H24N2S2/c1-5-9-21-17-12-18(22-10-6-2)14(16(20)8-4)11-13(17)15(19)7-3/h5-8,11-12,15-16H,1-4,9-10,19-20H2. The van der Waals surface area contributed by atoms with Gasteiger partial charge in [0.15, 0.2) is 0 Å². The van der Waals surface area contributed by atoms with Crippen molar-refractivity contribution in [2.24, 2.45) is 11.5 Å². The lowest BCUT2D eigenvalue weighted by atomic mass is 10.0. The molecule has 0 saturated heterocycles. The Labute approximate surface area is 142 Å². The van der Waals surface area contributed by atoms with Crippen molar-refractivity contribution in [3.05, 3.63) is 73.9 Å². The van der Waals surface area contributed by atoms with Crippen molar-refractivity contribution >= 4 is 23.5 Å². The summed E-state index contributed by atoms with van der Waals surface area (Å²) in [6.45, 7) is 15.2. The van der Waals surface area contributed by atoms with E-state index in [2.05, 4.69) is 38.4 Å². The van der Waals surface area contributed by atoms with E-state index in [9.17, 15) is 0 Å². The lowest BCUT2D eigenvalue weighted by molar-refractivity contribution is 0.838. The Morgan fingerprint density at radius 2 is 1.23 bits per heavy atom. The highest BCUT2D eigenvalue weighted by molar-refractivity contribution is 8.00. The van der Waals surface area contributed by atoms with E-state index in [4.69, 9.17) is 11.5 Å². The fraction of sp³-hybridized carbons (Fsp3) is 0.222. The van der Waals surface area contributed by atoms with Crippen molar-refractivity contribution in [2.45, 2.75) is 21.9 Å². The molecule has 2 unspecified atom stereocenters. The van der Waals surface area contributed by atoms with Crippen molar-refractivity contribution < 1.29 is 0 Å². The third-order valence-corrected chi connectivity index (χ3v) is 5.22. The topological polar surface area (TPSA) is 52.0 Å². The fourth-order valence-corrected chi connectivity index (χ4v) is 3.71. The van der Waals surface area contributed by atoms with Gasteiger partial charge in [-0.3, -0.25) is 0 Å². The van der Waals surface area contributed by atoms with E-state index >= 15 is 0 Å². The predicted octanol–water partition coefficient (Wildman–Crippen LogP) is 4.61. The van der Waals surface area contributed by atoms with Crippen LogP contribution in [0.4, 0.5) is 0 Å². The monoisotopic (exact) mass is 332 g/mol. The van der Waals surface area contributed by atoms with E-state index in [1.807, 2.05) is 12.2 Å². The first-order valence-electron chi connectivity index (χ1n) is 7.00. The van der Waals surface area contributed by atoms with Gasteiger partial charge in [-0.1, -0.05) is 24.3 Å². The van der Waals surface area contributed by atoms with Crippen LogP contribution < -0.4 is 11.5 Å². The molecule has 4 heteroatoms. The van der Waals surface area contributed by atoms with Gasteiger partial charge in [-0.15, -0.1) is 49.8 Å². The molecule has 0 aliphatic rings. The van der Waals surface area contributed by atoms with Gasteiger partial charge in [-0.2, -0.15) is 0 Å². The molecule has 4 N–H and O–H groups in total. The molecule has 0 saturated carbocycles. The van der Waals surface area contributed by atoms with Gasteiger partial charge in [-0.25, -0.2) is 0 Å². The molecule has 0 radical (unpaired) electrons. The number of hydrogen-bond donors (Lipinski definition) is 2. The first-order valence-corrected chi connectivity index (χ1v) is 8.97. The molecule has 0 heterocycles. The van der Waals surface area contributed by atoms with E-state index in [1.165, 1.54) is 0 Å². The van der Waals surface area contributed by atoms with Crippen LogP contribution in [0.15, 0.2) is 72.5 Å². The molecule has 0 aromatic heterocycles. The van der Waals surface area contributed by atoms with Crippen LogP contribution in [0.5, 0.6) is 0 Å². The average molecular weight is 333 g/mol. The first kappa shape index (κ1) is 18.8. The van der Waals surface area contributed by atoms with Crippen LogP contribution in [-0.4, -0.2) is 11.5 Å². The summed E-state index contributed by atoms with van der Waals surface area (Å²) in [4.78, 5) is 2.28. The summed E-state index contributed by atoms with van der Waals surface area (Å²) in [7, 11) is 0. The van der Waals surface area contributed by atoms with Gasteiger partial charge in [0, 0.05) is 33.4 Å². The highest BCUT2D eigenvalue weighted by Gasteiger charge is 2.16. The van der Waals surface area contributed by atoms with Gasteiger partial charge in [0.25, 0.3) is 0 Å². The molecule has 0 bridgehead atoms. The minimum Gasteiger partial charge on any atom is -0.321 e. The molecule has 2 nitrogen and oxygen atoms in total. The number of thioether (sulfide) groups is 2. The van der Waals surface area contributed by atoms with Crippen molar-refractivity contribution in [1.29, 1.82) is 0 Å². The molecule has 1 aromatic carbocycles. The maximum atomic E-state index is 6.18. The Hall–Kier alpha value is -1.20. The smallest absolute Gasteiger partial charge is 0.0489 e. The van der Waals surface area contributed by atoms with Gasteiger partial charge in [0.2, 0.25) is 0 Å². The molecule has 1 aromatic rings. The summed E-state index contributed by atoms with van der Waals surface area (Å²) < 4.78 is 0. The van der Waals surface area contributed by atoms with Crippen LogP contribution in [0.2, 0.25) is 0 Å². The zero-order chi connectivity index (χ0) is 16.5. The van der Waals surface area contributed by atoms with Crippen molar-refractivity contribution in [2.75, 3.05) is 11.5 Å². The molecule has 0 aliphatic carbocycles. The second-order valence-electron chi connectivity index (χ2n) is 4.65. The number of rotatable bonds is 10. The fourth-order valence-electron chi connectivity index (χ4n) is 1.92. The Morgan fingerprint density at radius 1 is 0.818 bits per heavy atom. The number of benzene rings is 1. The Bertz CT molecular complexity index is 507. The summed E-state index contributed by atoms with van der Waals surface area (Å²) in [6, 6.07) is 3.79. The molecule has 118 valence electrons. The zero-order valence-electron chi connectivity index (χ0n) is 12.8.